The standard InChI is InChI=1S/C27H35N5O5/c1-28-25(33)24(26(34)29-36)30(2)27(35)22-5-3-20(4-6-22)21-7-9-23(10-8-21)32-12-11-19(18-32)17-31-13-15-37-16-14-31/h3-10,19,24,36H,11-18H2,1-2H3,(H,28,33)(H,29,34). The van der Waals surface area contributed by atoms with Gasteiger partial charge in [-0.25, -0.2) is 5.48 Å². The molecule has 2 fully saturated rings. The minimum atomic E-state index is -1.49. The summed E-state index contributed by atoms with van der Waals surface area (Å²) in [6, 6.07) is 14.0. The Hall–Kier alpha value is -3.47. The van der Waals surface area contributed by atoms with E-state index in [2.05, 4.69) is 39.4 Å². The Bertz CT molecular complexity index is 1070. The van der Waals surface area contributed by atoms with E-state index in [-0.39, 0.29) is 0 Å². The van der Waals surface area contributed by atoms with Crippen LogP contribution in [0.15, 0.2) is 48.5 Å². The second-order valence-corrected chi connectivity index (χ2v) is 9.55. The number of hydrogen-bond acceptors (Lipinski definition) is 7. The minimum Gasteiger partial charge on any atom is -0.379 e. The van der Waals surface area contributed by atoms with E-state index in [9.17, 15) is 14.4 Å². The van der Waals surface area contributed by atoms with Crippen molar-refractivity contribution in [1.29, 1.82) is 0 Å². The predicted octanol–water partition coefficient (Wildman–Crippen LogP) is 1.20. The van der Waals surface area contributed by atoms with E-state index in [4.69, 9.17) is 9.94 Å². The van der Waals surface area contributed by atoms with Gasteiger partial charge in [0.05, 0.1) is 13.2 Å². The number of amides is 3. The summed E-state index contributed by atoms with van der Waals surface area (Å²) in [7, 11) is 2.69. The van der Waals surface area contributed by atoms with Crippen molar-refractivity contribution in [3.63, 3.8) is 0 Å². The van der Waals surface area contributed by atoms with Gasteiger partial charge in [-0.3, -0.25) is 24.5 Å². The van der Waals surface area contributed by atoms with Crippen molar-refractivity contribution in [1.82, 2.24) is 20.6 Å². The highest BCUT2D eigenvalue weighted by Gasteiger charge is 2.33. The molecule has 2 aliphatic rings. The molecule has 3 amide bonds. The molecule has 0 saturated carbocycles. The van der Waals surface area contributed by atoms with E-state index < -0.39 is 23.8 Å². The molecule has 2 saturated heterocycles. The van der Waals surface area contributed by atoms with Crippen molar-refractivity contribution in [3.8, 4) is 11.1 Å². The third-order valence-corrected chi connectivity index (χ3v) is 7.16. The number of carbonyl (C=O) groups excluding carboxylic acids is 3. The first-order chi connectivity index (χ1) is 17.9. The van der Waals surface area contributed by atoms with Crippen LogP contribution in [0.4, 0.5) is 5.69 Å². The molecule has 37 heavy (non-hydrogen) atoms. The van der Waals surface area contributed by atoms with Crippen molar-refractivity contribution >= 4 is 23.4 Å². The number of carbonyl (C=O) groups is 3. The summed E-state index contributed by atoms with van der Waals surface area (Å²) >= 11 is 0. The average molecular weight is 510 g/mol. The molecule has 10 heteroatoms. The van der Waals surface area contributed by atoms with E-state index in [1.165, 1.54) is 31.7 Å². The molecule has 0 aromatic heterocycles. The molecule has 3 N–H and O–H groups in total. The Morgan fingerprint density at radius 1 is 1.00 bits per heavy atom. The molecule has 0 radical (unpaired) electrons. The Morgan fingerprint density at radius 3 is 2.22 bits per heavy atom. The molecule has 2 aliphatic heterocycles. The van der Waals surface area contributed by atoms with Crippen LogP contribution >= 0.6 is 0 Å². The number of morpholine rings is 1. The lowest BCUT2D eigenvalue weighted by atomic mass is 10.0. The van der Waals surface area contributed by atoms with Gasteiger partial charge in [0.25, 0.3) is 17.7 Å². The predicted molar refractivity (Wildman–Crippen MR) is 139 cm³/mol. The lowest BCUT2D eigenvalue weighted by molar-refractivity contribution is -0.140. The molecule has 0 aliphatic carbocycles. The number of hydrogen-bond donors (Lipinski definition) is 3. The Kier molecular flexibility index (Phi) is 8.75. The van der Waals surface area contributed by atoms with Crippen molar-refractivity contribution in [2.75, 3.05) is 64.9 Å². The molecule has 2 aromatic rings. The van der Waals surface area contributed by atoms with E-state index in [0.717, 1.165) is 62.0 Å². The Morgan fingerprint density at radius 2 is 1.62 bits per heavy atom. The summed E-state index contributed by atoms with van der Waals surface area (Å²) in [6.45, 7) is 6.97. The third-order valence-electron chi connectivity index (χ3n) is 7.16. The molecule has 0 bridgehead atoms. The van der Waals surface area contributed by atoms with E-state index in [0.29, 0.717) is 11.5 Å². The average Bonchev–Trinajstić information content (AvgIpc) is 3.41. The van der Waals surface area contributed by atoms with Gasteiger partial charge < -0.3 is 19.9 Å². The number of hydroxylamine groups is 1. The minimum absolute atomic E-state index is 0.325. The van der Waals surface area contributed by atoms with Gasteiger partial charge >= 0.3 is 0 Å². The van der Waals surface area contributed by atoms with Gasteiger partial charge in [0.15, 0.2) is 6.04 Å². The molecular weight excluding hydrogens is 474 g/mol. The van der Waals surface area contributed by atoms with Crippen LogP contribution in [0.2, 0.25) is 0 Å². The second kappa shape index (κ2) is 12.2. The number of benzene rings is 2. The van der Waals surface area contributed by atoms with Crippen LogP contribution in [0.25, 0.3) is 11.1 Å². The zero-order valence-corrected chi connectivity index (χ0v) is 21.4. The monoisotopic (exact) mass is 509 g/mol. The highest BCUT2D eigenvalue weighted by Crippen LogP contribution is 2.28. The summed E-state index contributed by atoms with van der Waals surface area (Å²) in [6.07, 6.45) is 1.20. The largest absolute Gasteiger partial charge is 0.379 e. The van der Waals surface area contributed by atoms with Gasteiger partial charge in [-0.15, -0.1) is 0 Å². The molecule has 0 spiro atoms. The maximum Gasteiger partial charge on any atom is 0.275 e. The summed E-state index contributed by atoms with van der Waals surface area (Å²) < 4.78 is 5.46. The smallest absolute Gasteiger partial charge is 0.275 e. The SMILES string of the molecule is CNC(=O)C(C(=O)NO)N(C)C(=O)c1ccc(-c2ccc(N3CCC(CN4CCOCC4)C3)cc2)cc1. The first-order valence-corrected chi connectivity index (χ1v) is 12.6. The number of rotatable bonds is 8. The van der Waals surface area contributed by atoms with Crippen molar-refractivity contribution in [3.05, 3.63) is 54.1 Å². The molecule has 2 heterocycles. The summed E-state index contributed by atoms with van der Waals surface area (Å²) in [5, 5.41) is 11.3. The van der Waals surface area contributed by atoms with Crippen LogP contribution in [0.5, 0.6) is 0 Å². The third kappa shape index (κ3) is 6.27. The number of ether oxygens (including phenoxy) is 1. The van der Waals surface area contributed by atoms with E-state index in [1.807, 2.05) is 12.1 Å². The van der Waals surface area contributed by atoms with E-state index in [1.54, 1.807) is 12.1 Å². The fourth-order valence-corrected chi connectivity index (χ4v) is 5.02. The van der Waals surface area contributed by atoms with Crippen LogP contribution in [0.1, 0.15) is 16.8 Å². The summed E-state index contributed by atoms with van der Waals surface area (Å²) in [4.78, 5) is 42.8. The molecule has 4 rings (SSSR count). The van der Waals surface area contributed by atoms with Gasteiger partial charge in [0, 0.05) is 58.1 Å². The van der Waals surface area contributed by atoms with Gasteiger partial charge in [-0.05, 0) is 47.7 Å². The molecular formula is C27H35N5O5. The van der Waals surface area contributed by atoms with Gasteiger partial charge in [-0.2, -0.15) is 0 Å². The zero-order valence-electron chi connectivity index (χ0n) is 21.4. The van der Waals surface area contributed by atoms with Crippen molar-refractivity contribution in [2.45, 2.75) is 12.5 Å². The normalized spacial score (nSPS) is 18.8. The Labute approximate surface area is 217 Å². The second-order valence-electron chi connectivity index (χ2n) is 9.55. The van der Waals surface area contributed by atoms with Crippen LogP contribution in [0, 0.1) is 5.92 Å². The molecule has 10 nitrogen and oxygen atoms in total. The fourth-order valence-electron chi connectivity index (χ4n) is 5.02. The van der Waals surface area contributed by atoms with Crippen LogP contribution < -0.4 is 15.7 Å². The maximum absolute atomic E-state index is 12.9. The number of nitrogens with one attached hydrogen (secondary N) is 2. The van der Waals surface area contributed by atoms with Crippen LogP contribution in [-0.2, 0) is 14.3 Å². The molecule has 2 aromatic carbocycles. The molecule has 198 valence electrons. The maximum atomic E-state index is 12.9. The Balaban J connectivity index is 1.37. The molecule has 2 unspecified atom stereocenters. The highest BCUT2D eigenvalue weighted by atomic mass is 16.5. The lowest BCUT2D eigenvalue weighted by Crippen LogP contribution is -2.54. The van der Waals surface area contributed by atoms with Gasteiger partial charge in [0.1, 0.15) is 0 Å². The zero-order chi connectivity index (χ0) is 26.4. The first kappa shape index (κ1) is 26.6. The number of likely N-dealkylation sites (N-methyl/N-ethyl adjacent to an activating group) is 2. The van der Waals surface area contributed by atoms with Crippen LogP contribution in [-0.4, -0.2) is 98.8 Å². The quantitative estimate of drug-likeness (QED) is 0.278. The molecule has 2 atom stereocenters. The van der Waals surface area contributed by atoms with E-state index >= 15 is 0 Å². The number of anilines is 1. The lowest BCUT2D eigenvalue weighted by Gasteiger charge is -2.29. The highest BCUT2D eigenvalue weighted by molar-refractivity contribution is 6.08. The van der Waals surface area contributed by atoms with Crippen molar-refractivity contribution in [2.24, 2.45) is 5.92 Å². The van der Waals surface area contributed by atoms with Crippen molar-refractivity contribution < 1.29 is 24.3 Å². The summed E-state index contributed by atoms with van der Waals surface area (Å²) in [5.74, 6) is -1.53. The van der Waals surface area contributed by atoms with Gasteiger partial charge in [-0.1, -0.05) is 24.3 Å². The number of nitrogens with zero attached hydrogens (tertiary/aromatic N) is 3. The van der Waals surface area contributed by atoms with Gasteiger partial charge in [0.2, 0.25) is 0 Å². The first-order valence-electron chi connectivity index (χ1n) is 12.6. The topological polar surface area (TPSA) is 114 Å². The fraction of sp³-hybridized carbons (Fsp3) is 0.444. The summed E-state index contributed by atoms with van der Waals surface area (Å²) in [5.41, 5.74) is 4.96. The van der Waals surface area contributed by atoms with Crippen LogP contribution in [0.3, 0.4) is 0 Å².